The summed E-state index contributed by atoms with van der Waals surface area (Å²) in [6.45, 7) is 0. The Morgan fingerprint density at radius 2 is 1.94 bits per heavy atom. The second-order valence-corrected chi connectivity index (χ2v) is 9.57. The molecule has 4 atom stereocenters. The minimum absolute atomic E-state index is 0.00675. The van der Waals surface area contributed by atoms with Gasteiger partial charge in [-0.2, -0.15) is 0 Å². The molecule has 0 saturated heterocycles. The monoisotopic (exact) mass is 459 g/mol. The Morgan fingerprint density at radius 1 is 1.09 bits per heavy atom. The molecule has 3 aromatic heterocycles. The summed E-state index contributed by atoms with van der Waals surface area (Å²) in [5, 5.41) is 27.1. The van der Waals surface area contributed by atoms with Crippen LogP contribution in [-0.2, 0) is 6.42 Å². The van der Waals surface area contributed by atoms with E-state index in [1.165, 1.54) is 24.7 Å². The van der Waals surface area contributed by atoms with E-state index in [-0.39, 0.29) is 12.0 Å². The van der Waals surface area contributed by atoms with E-state index in [2.05, 4.69) is 39.6 Å². The maximum Gasteiger partial charge on any atom is 0.225 e. The van der Waals surface area contributed by atoms with Gasteiger partial charge in [0.05, 0.1) is 30.2 Å². The molecule has 0 bridgehead atoms. The molecule has 1 aromatic carbocycles. The molecule has 8 nitrogen and oxygen atoms in total. The molecule has 3 N–H and O–H groups in total. The van der Waals surface area contributed by atoms with Crippen molar-refractivity contribution in [1.82, 2.24) is 19.5 Å². The van der Waals surface area contributed by atoms with Crippen molar-refractivity contribution in [2.45, 2.75) is 56.4 Å². The Hall–Kier alpha value is -3.23. The van der Waals surface area contributed by atoms with Crippen molar-refractivity contribution < 1.29 is 14.9 Å². The van der Waals surface area contributed by atoms with Crippen LogP contribution in [0.1, 0.15) is 37.3 Å². The van der Waals surface area contributed by atoms with Gasteiger partial charge in [0.25, 0.3) is 0 Å². The summed E-state index contributed by atoms with van der Waals surface area (Å²) in [4.78, 5) is 13.3. The van der Waals surface area contributed by atoms with E-state index in [9.17, 15) is 10.2 Å². The lowest BCUT2D eigenvalue weighted by molar-refractivity contribution is 0.00545. The standard InChI is InChI=1S/C26H29N5O3/c1-34-26-19-10-11-31(25(19)27-14-28-26)21-13-17(23(32)24(21)33)5-3-15-2-4-16-6-9-22(29-18-7-8-18)30-20(16)12-15/h2,4,6,9-12,14,17-18,21,23-24,32-33H,3,5,7-8,13H2,1H3,(H,29,30)/t17-,21+,23+,24-/m0/s1. The number of aliphatic hydroxyl groups excluding tert-OH is 2. The van der Waals surface area contributed by atoms with Gasteiger partial charge in [0.2, 0.25) is 5.88 Å². The zero-order valence-corrected chi connectivity index (χ0v) is 19.1. The molecule has 0 aliphatic heterocycles. The Balaban J connectivity index is 1.18. The van der Waals surface area contributed by atoms with Gasteiger partial charge < -0.3 is 24.8 Å². The molecule has 34 heavy (non-hydrogen) atoms. The highest BCUT2D eigenvalue weighted by molar-refractivity contribution is 5.82. The fraction of sp³-hybridized carbons (Fsp3) is 0.423. The van der Waals surface area contributed by atoms with Crippen LogP contribution in [-0.4, -0.2) is 55.1 Å². The second kappa shape index (κ2) is 8.52. The summed E-state index contributed by atoms with van der Waals surface area (Å²) >= 11 is 0. The number of fused-ring (bicyclic) bond motifs is 2. The number of hydrogen-bond donors (Lipinski definition) is 3. The number of nitrogens with one attached hydrogen (secondary N) is 1. The van der Waals surface area contributed by atoms with Gasteiger partial charge in [-0.1, -0.05) is 12.1 Å². The summed E-state index contributed by atoms with van der Waals surface area (Å²) in [5.41, 5.74) is 2.89. The van der Waals surface area contributed by atoms with Crippen LogP contribution in [0.4, 0.5) is 5.82 Å². The average molecular weight is 460 g/mol. The number of benzene rings is 1. The molecule has 8 heteroatoms. The zero-order chi connectivity index (χ0) is 23.2. The van der Waals surface area contributed by atoms with Crippen LogP contribution in [0.25, 0.3) is 21.9 Å². The highest BCUT2D eigenvalue weighted by Crippen LogP contribution is 2.40. The fourth-order valence-corrected chi connectivity index (χ4v) is 5.23. The van der Waals surface area contributed by atoms with Gasteiger partial charge in [-0.05, 0) is 67.9 Å². The smallest absolute Gasteiger partial charge is 0.225 e. The van der Waals surface area contributed by atoms with Gasteiger partial charge in [0.1, 0.15) is 23.9 Å². The van der Waals surface area contributed by atoms with E-state index in [0.29, 0.717) is 24.0 Å². The van der Waals surface area contributed by atoms with Crippen molar-refractivity contribution in [2.75, 3.05) is 12.4 Å². The number of ether oxygens (including phenoxy) is 1. The van der Waals surface area contributed by atoms with Crippen molar-refractivity contribution in [1.29, 1.82) is 0 Å². The van der Waals surface area contributed by atoms with Gasteiger partial charge in [-0.3, -0.25) is 0 Å². The molecule has 0 amide bonds. The number of methoxy groups -OCH3 is 1. The number of aliphatic hydroxyl groups is 2. The zero-order valence-electron chi connectivity index (χ0n) is 19.1. The van der Waals surface area contributed by atoms with Crippen LogP contribution in [0.2, 0.25) is 0 Å². The molecule has 176 valence electrons. The normalized spacial score (nSPS) is 24.7. The molecule has 2 aliphatic carbocycles. The number of hydrogen-bond acceptors (Lipinski definition) is 7. The molecule has 4 aromatic rings. The minimum atomic E-state index is -0.851. The summed E-state index contributed by atoms with van der Waals surface area (Å²) in [7, 11) is 1.58. The molecule has 3 heterocycles. The van der Waals surface area contributed by atoms with Crippen molar-refractivity contribution in [2.24, 2.45) is 5.92 Å². The predicted octanol–water partition coefficient (Wildman–Crippen LogP) is 3.48. The fourth-order valence-electron chi connectivity index (χ4n) is 5.23. The Bertz CT molecular complexity index is 1330. The first-order valence-electron chi connectivity index (χ1n) is 12.0. The number of pyridine rings is 1. The van der Waals surface area contributed by atoms with Crippen LogP contribution in [0.15, 0.2) is 48.9 Å². The molecule has 0 radical (unpaired) electrons. The van der Waals surface area contributed by atoms with Crippen LogP contribution >= 0.6 is 0 Å². The highest BCUT2D eigenvalue weighted by Gasteiger charge is 2.42. The van der Waals surface area contributed by atoms with Crippen LogP contribution in [0.3, 0.4) is 0 Å². The molecule has 0 spiro atoms. The third-order valence-corrected chi connectivity index (χ3v) is 7.28. The Kier molecular flexibility index (Phi) is 5.34. The molecular weight excluding hydrogens is 430 g/mol. The van der Waals surface area contributed by atoms with E-state index < -0.39 is 12.2 Å². The SMILES string of the molecule is COc1ncnc2c1ccn2[C@@H]1C[C@H](CCc2ccc3ccc(NC4CC4)nc3c2)[C@@H](O)[C@H]1O. The number of aromatic nitrogens is 4. The number of rotatable bonds is 7. The van der Waals surface area contributed by atoms with E-state index >= 15 is 0 Å². The van der Waals surface area contributed by atoms with Gasteiger partial charge in [0.15, 0.2) is 0 Å². The first kappa shape index (κ1) is 21.3. The molecular formula is C26H29N5O3. The van der Waals surface area contributed by atoms with Crippen LogP contribution in [0.5, 0.6) is 5.88 Å². The lowest BCUT2D eigenvalue weighted by Gasteiger charge is -2.19. The molecule has 2 fully saturated rings. The van der Waals surface area contributed by atoms with Gasteiger partial charge >= 0.3 is 0 Å². The third kappa shape index (κ3) is 3.86. The summed E-state index contributed by atoms with van der Waals surface area (Å²) < 4.78 is 7.28. The lowest BCUT2D eigenvalue weighted by atomic mass is 9.95. The van der Waals surface area contributed by atoms with E-state index in [1.54, 1.807) is 7.11 Å². The van der Waals surface area contributed by atoms with Gasteiger partial charge in [-0.15, -0.1) is 0 Å². The molecule has 6 rings (SSSR count). The minimum Gasteiger partial charge on any atom is -0.480 e. The van der Waals surface area contributed by atoms with Crippen molar-refractivity contribution in [3.8, 4) is 5.88 Å². The topological polar surface area (TPSA) is 105 Å². The predicted molar refractivity (Wildman–Crippen MR) is 130 cm³/mol. The Morgan fingerprint density at radius 3 is 2.76 bits per heavy atom. The average Bonchev–Trinajstić information content (AvgIpc) is 3.50. The van der Waals surface area contributed by atoms with Gasteiger partial charge in [-0.25, -0.2) is 15.0 Å². The van der Waals surface area contributed by atoms with Crippen LogP contribution in [0, 0.1) is 5.92 Å². The van der Waals surface area contributed by atoms with E-state index in [0.717, 1.165) is 34.9 Å². The first-order valence-corrected chi connectivity index (χ1v) is 12.0. The third-order valence-electron chi connectivity index (χ3n) is 7.28. The molecule has 0 unspecified atom stereocenters. The highest BCUT2D eigenvalue weighted by atomic mass is 16.5. The summed E-state index contributed by atoms with van der Waals surface area (Å²) in [5.74, 6) is 1.44. The number of aryl methyl sites for hydroxylation is 1. The Labute approximate surface area is 197 Å². The quantitative estimate of drug-likeness (QED) is 0.389. The van der Waals surface area contributed by atoms with E-state index in [4.69, 9.17) is 9.72 Å². The van der Waals surface area contributed by atoms with Crippen molar-refractivity contribution in [3.05, 3.63) is 54.5 Å². The van der Waals surface area contributed by atoms with Crippen molar-refractivity contribution >= 4 is 27.8 Å². The summed E-state index contributed by atoms with van der Waals surface area (Å²) in [6, 6.07) is 12.8. The number of anilines is 1. The number of nitrogens with zero attached hydrogens (tertiary/aromatic N) is 4. The maximum atomic E-state index is 10.9. The lowest BCUT2D eigenvalue weighted by Crippen LogP contribution is -2.29. The van der Waals surface area contributed by atoms with E-state index in [1.807, 2.05) is 22.9 Å². The second-order valence-electron chi connectivity index (χ2n) is 9.57. The maximum absolute atomic E-state index is 10.9. The van der Waals surface area contributed by atoms with Crippen LogP contribution < -0.4 is 10.1 Å². The first-order chi connectivity index (χ1) is 16.6. The van der Waals surface area contributed by atoms with Crippen molar-refractivity contribution in [3.63, 3.8) is 0 Å². The van der Waals surface area contributed by atoms with Gasteiger partial charge in [0, 0.05) is 17.6 Å². The molecule has 2 saturated carbocycles. The largest absolute Gasteiger partial charge is 0.480 e. The summed E-state index contributed by atoms with van der Waals surface area (Å²) in [6.07, 6.45) is 6.46. The molecule has 2 aliphatic rings.